The van der Waals surface area contributed by atoms with Crippen LogP contribution in [0.5, 0.6) is 0 Å². The molecule has 0 radical (unpaired) electrons. The van der Waals surface area contributed by atoms with Crippen molar-refractivity contribution < 1.29 is 18.7 Å². The molecule has 0 aromatic carbocycles. The van der Waals surface area contributed by atoms with Gasteiger partial charge in [0.25, 0.3) is 0 Å². The number of amides is 2. The smallest absolute Gasteiger partial charge is 0.242 e. The predicted molar refractivity (Wildman–Crippen MR) is 99.9 cm³/mol. The fourth-order valence-electron chi connectivity index (χ4n) is 3.02. The fraction of sp³-hybridized carbons (Fsp3) is 0.684. The maximum absolute atomic E-state index is 13.0. The molecule has 146 valence electrons. The standard InChI is InChI=1S/C19H29ClN2O4/c1-4-14(2)22(19(24)15(3)20)13-18(23)21(11-16-7-5-9-25-16)12-17-8-6-10-26-17/h5,7,9,14-15,17H,4,6,8,10-13H2,1-3H3. The number of rotatable bonds is 9. The summed E-state index contributed by atoms with van der Waals surface area (Å²) in [5.74, 6) is 0.371. The largest absolute Gasteiger partial charge is 0.467 e. The van der Waals surface area contributed by atoms with E-state index in [-0.39, 0.29) is 30.5 Å². The van der Waals surface area contributed by atoms with E-state index in [0.717, 1.165) is 25.9 Å². The summed E-state index contributed by atoms with van der Waals surface area (Å²) in [7, 11) is 0. The Kier molecular flexibility index (Phi) is 7.97. The van der Waals surface area contributed by atoms with Crippen LogP contribution in [0.2, 0.25) is 0 Å². The first-order valence-electron chi connectivity index (χ1n) is 9.28. The zero-order chi connectivity index (χ0) is 19.1. The normalized spacial score (nSPS) is 19.2. The number of nitrogens with zero attached hydrogens (tertiary/aromatic N) is 2. The van der Waals surface area contributed by atoms with E-state index in [4.69, 9.17) is 20.8 Å². The van der Waals surface area contributed by atoms with Gasteiger partial charge in [-0.2, -0.15) is 0 Å². The van der Waals surface area contributed by atoms with E-state index >= 15 is 0 Å². The van der Waals surface area contributed by atoms with Gasteiger partial charge in [0.05, 0.1) is 18.9 Å². The van der Waals surface area contributed by atoms with Gasteiger partial charge in [0.2, 0.25) is 11.8 Å². The van der Waals surface area contributed by atoms with Crippen molar-refractivity contribution in [1.29, 1.82) is 0 Å². The summed E-state index contributed by atoms with van der Waals surface area (Å²) in [4.78, 5) is 28.7. The fourth-order valence-corrected chi connectivity index (χ4v) is 3.15. The summed E-state index contributed by atoms with van der Waals surface area (Å²) in [6, 6.07) is 3.59. The van der Waals surface area contributed by atoms with Crippen molar-refractivity contribution in [2.75, 3.05) is 19.7 Å². The third kappa shape index (κ3) is 5.74. The Bertz CT molecular complexity index is 570. The Hall–Kier alpha value is -1.53. The summed E-state index contributed by atoms with van der Waals surface area (Å²) >= 11 is 5.99. The molecule has 1 aliphatic heterocycles. The van der Waals surface area contributed by atoms with Crippen LogP contribution in [-0.2, 0) is 20.9 Å². The minimum Gasteiger partial charge on any atom is -0.467 e. The zero-order valence-corrected chi connectivity index (χ0v) is 16.6. The molecule has 0 bridgehead atoms. The molecule has 1 aromatic rings. The second-order valence-electron chi connectivity index (χ2n) is 6.83. The molecule has 6 nitrogen and oxygen atoms in total. The van der Waals surface area contributed by atoms with Crippen molar-refractivity contribution in [2.24, 2.45) is 0 Å². The van der Waals surface area contributed by atoms with Gasteiger partial charge in [-0.1, -0.05) is 6.92 Å². The third-order valence-electron chi connectivity index (χ3n) is 4.78. The summed E-state index contributed by atoms with van der Waals surface area (Å²) in [5.41, 5.74) is 0. The van der Waals surface area contributed by atoms with Gasteiger partial charge in [-0.05, 0) is 45.2 Å². The molecule has 0 aliphatic carbocycles. The molecule has 2 rings (SSSR count). The molecule has 3 atom stereocenters. The highest BCUT2D eigenvalue weighted by Crippen LogP contribution is 2.17. The van der Waals surface area contributed by atoms with Crippen LogP contribution in [-0.4, -0.2) is 58.8 Å². The second-order valence-corrected chi connectivity index (χ2v) is 7.48. The molecule has 2 heterocycles. The van der Waals surface area contributed by atoms with Crippen LogP contribution >= 0.6 is 11.6 Å². The predicted octanol–water partition coefficient (Wildman–Crippen LogP) is 3.04. The summed E-state index contributed by atoms with van der Waals surface area (Å²) in [6.45, 7) is 7.16. The van der Waals surface area contributed by atoms with Crippen molar-refractivity contribution in [1.82, 2.24) is 9.80 Å². The van der Waals surface area contributed by atoms with Crippen LogP contribution < -0.4 is 0 Å². The highest BCUT2D eigenvalue weighted by atomic mass is 35.5. The van der Waals surface area contributed by atoms with Gasteiger partial charge in [0.1, 0.15) is 17.7 Å². The number of carbonyl (C=O) groups is 2. The van der Waals surface area contributed by atoms with Crippen molar-refractivity contribution >= 4 is 23.4 Å². The Morgan fingerprint density at radius 2 is 2.15 bits per heavy atom. The SMILES string of the molecule is CCC(C)N(CC(=O)N(Cc1ccco1)CC1CCCO1)C(=O)C(C)Cl. The molecule has 0 saturated carbocycles. The molecule has 7 heteroatoms. The molecule has 26 heavy (non-hydrogen) atoms. The molecule has 1 aliphatic rings. The van der Waals surface area contributed by atoms with E-state index in [9.17, 15) is 9.59 Å². The Morgan fingerprint density at radius 1 is 1.38 bits per heavy atom. The molecular weight excluding hydrogens is 356 g/mol. The molecule has 0 N–H and O–H groups in total. The number of furan rings is 1. The maximum Gasteiger partial charge on any atom is 0.242 e. The van der Waals surface area contributed by atoms with E-state index in [0.29, 0.717) is 18.8 Å². The van der Waals surface area contributed by atoms with Gasteiger partial charge in [-0.15, -0.1) is 11.6 Å². The van der Waals surface area contributed by atoms with Gasteiger partial charge in [0, 0.05) is 19.2 Å². The van der Waals surface area contributed by atoms with Crippen LogP contribution in [0.4, 0.5) is 0 Å². The first kappa shape index (κ1) is 20.8. The maximum atomic E-state index is 13.0. The minimum atomic E-state index is -0.659. The molecule has 1 fully saturated rings. The highest BCUT2D eigenvalue weighted by molar-refractivity contribution is 6.30. The summed E-state index contributed by atoms with van der Waals surface area (Å²) < 4.78 is 11.1. The number of hydrogen-bond acceptors (Lipinski definition) is 4. The van der Waals surface area contributed by atoms with Crippen molar-refractivity contribution in [3.05, 3.63) is 24.2 Å². The van der Waals surface area contributed by atoms with Crippen molar-refractivity contribution in [2.45, 2.75) is 64.1 Å². The number of alkyl halides is 1. The molecule has 3 unspecified atom stereocenters. The van der Waals surface area contributed by atoms with Gasteiger partial charge in [-0.3, -0.25) is 9.59 Å². The average molecular weight is 385 g/mol. The average Bonchev–Trinajstić information content (AvgIpc) is 3.31. The first-order chi connectivity index (χ1) is 12.4. The van der Waals surface area contributed by atoms with Gasteiger partial charge in [0.15, 0.2) is 0 Å². The van der Waals surface area contributed by atoms with Crippen LogP contribution in [0.25, 0.3) is 0 Å². The molecule has 1 aromatic heterocycles. The van der Waals surface area contributed by atoms with Crippen molar-refractivity contribution in [3.63, 3.8) is 0 Å². The monoisotopic (exact) mass is 384 g/mol. The first-order valence-corrected chi connectivity index (χ1v) is 9.72. The molecule has 2 amide bonds. The number of ether oxygens (including phenoxy) is 1. The Balaban J connectivity index is 2.10. The lowest BCUT2D eigenvalue weighted by molar-refractivity contribution is -0.143. The number of carbonyl (C=O) groups excluding carboxylic acids is 2. The topological polar surface area (TPSA) is 63.0 Å². The van der Waals surface area contributed by atoms with Crippen LogP contribution in [0, 0.1) is 0 Å². The number of halogens is 1. The third-order valence-corrected chi connectivity index (χ3v) is 4.97. The molecular formula is C19H29ClN2O4. The summed E-state index contributed by atoms with van der Waals surface area (Å²) in [6.07, 6.45) is 4.33. The quantitative estimate of drug-likeness (QED) is 0.614. The minimum absolute atomic E-state index is 0.0122. The van der Waals surface area contributed by atoms with Crippen molar-refractivity contribution in [3.8, 4) is 0 Å². The van der Waals surface area contributed by atoms with Crippen LogP contribution in [0.15, 0.2) is 22.8 Å². The Labute approximate surface area is 160 Å². The zero-order valence-electron chi connectivity index (χ0n) is 15.8. The van der Waals surface area contributed by atoms with E-state index < -0.39 is 5.38 Å². The van der Waals surface area contributed by atoms with Crippen LogP contribution in [0.3, 0.4) is 0 Å². The number of hydrogen-bond donors (Lipinski definition) is 0. The highest BCUT2D eigenvalue weighted by Gasteiger charge is 2.29. The molecule has 1 saturated heterocycles. The molecule has 0 spiro atoms. The lowest BCUT2D eigenvalue weighted by Crippen LogP contribution is -2.49. The van der Waals surface area contributed by atoms with E-state index in [2.05, 4.69) is 0 Å². The Morgan fingerprint density at radius 3 is 2.69 bits per heavy atom. The van der Waals surface area contributed by atoms with Gasteiger partial charge < -0.3 is 19.0 Å². The lowest BCUT2D eigenvalue weighted by atomic mass is 10.2. The van der Waals surface area contributed by atoms with E-state index in [1.54, 1.807) is 29.1 Å². The van der Waals surface area contributed by atoms with E-state index in [1.165, 1.54) is 0 Å². The van der Waals surface area contributed by atoms with Gasteiger partial charge >= 0.3 is 0 Å². The van der Waals surface area contributed by atoms with Crippen LogP contribution in [0.1, 0.15) is 45.8 Å². The lowest BCUT2D eigenvalue weighted by Gasteiger charge is -2.32. The summed E-state index contributed by atoms with van der Waals surface area (Å²) in [5, 5.41) is -0.659. The second kappa shape index (κ2) is 9.97. The van der Waals surface area contributed by atoms with E-state index in [1.807, 2.05) is 19.9 Å². The van der Waals surface area contributed by atoms with Gasteiger partial charge in [-0.25, -0.2) is 0 Å².